The van der Waals surface area contributed by atoms with Crippen LogP contribution in [0.2, 0.25) is 0 Å². The second-order valence-corrected chi connectivity index (χ2v) is 8.17. The number of aromatic nitrogens is 3. The Morgan fingerprint density at radius 2 is 1.44 bits per heavy atom. The third kappa shape index (κ3) is 2.82. The van der Waals surface area contributed by atoms with E-state index in [9.17, 15) is 9.59 Å². The Labute approximate surface area is 195 Å². The Hall–Kier alpha value is -4.58. The average Bonchev–Trinajstić information content (AvgIpc) is 3.22. The molecule has 0 spiro atoms. The Morgan fingerprint density at radius 1 is 0.765 bits per heavy atom. The molecule has 0 N–H and O–H groups in total. The molecule has 0 bridgehead atoms. The third-order valence-corrected chi connectivity index (χ3v) is 6.23. The number of rotatable bonds is 3. The predicted molar refractivity (Wildman–Crippen MR) is 130 cm³/mol. The van der Waals surface area contributed by atoms with E-state index in [4.69, 9.17) is 14.8 Å². The molecule has 0 atom stereocenters. The number of carbonyl (C=O) groups is 2. The van der Waals surface area contributed by atoms with Crippen LogP contribution in [0.4, 0.5) is 0 Å². The molecule has 2 aromatic heterocycles. The quantitative estimate of drug-likeness (QED) is 0.345. The summed E-state index contributed by atoms with van der Waals surface area (Å²) in [6.45, 7) is 1.89. The van der Waals surface area contributed by atoms with Gasteiger partial charge in [-0.2, -0.15) is 5.10 Å². The average molecular weight is 445 g/mol. The first-order valence-electron chi connectivity index (χ1n) is 10.9. The van der Waals surface area contributed by atoms with Crippen molar-refractivity contribution < 1.29 is 14.3 Å². The number of carbonyl (C=O) groups excluding carboxylic acids is 2. The highest BCUT2D eigenvalue weighted by Crippen LogP contribution is 2.43. The maximum absolute atomic E-state index is 13.5. The monoisotopic (exact) mass is 445 g/mol. The maximum Gasteiger partial charge on any atom is 0.236 e. The SMILES string of the molecule is COc1ccc(-c2c3c(nc4c2c(C)nn4-c2ccccc2)-c2ccccc2C(=O)C3=O)cc1. The molecular formula is C28H19N3O3. The van der Waals surface area contributed by atoms with Crippen LogP contribution in [0.5, 0.6) is 5.75 Å². The standard InChI is InChI=1S/C28H19N3O3/c1-16-22-23(17-12-14-19(34-2)15-13-17)24-25(20-10-6-7-11-21(20)26(32)27(24)33)29-28(22)31(30-16)18-8-4-3-5-9-18/h3-15H,1-2H3. The van der Waals surface area contributed by atoms with Gasteiger partial charge in [0.05, 0.1) is 35.1 Å². The van der Waals surface area contributed by atoms with Crippen molar-refractivity contribution in [2.75, 3.05) is 7.11 Å². The summed E-state index contributed by atoms with van der Waals surface area (Å²) < 4.78 is 7.12. The number of para-hydroxylation sites is 1. The zero-order valence-corrected chi connectivity index (χ0v) is 18.6. The van der Waals surface area contributed by atoms with E-state index in [0.717, 1.165) is 22.3 Å². The summed E-state index contributed by atoms with van der Waals surface area (Å²) >= 11 is 0. The summed E-state index contributed by atoms with van der Waals surface area (Å²) in [6.07, 6.45) is 0. The molecule has 0 saturated carbocycles. The van der Waals surface area contributed by atoms with Gasteiger partial charge in [-0.1, -0.05) is 54.6 Å². The summed E-state index contributed by atoms with van der Waals surface area (Å²) in [4.78, 5) is 31.5. The first-order chi connectivity index (χ1) is 16.6. The van der Waals surface area contributed by atoms with Crippen LogP contribution in [-0.2, 0) is 0 Å². The van der Waals surface area contributed by atoms with Crippen molar-refractivity contribution in [1.29, 1.82) is 0 Å². The third-order valence-electron chi connectivity index (χ3n) is 6.23. The molecule has 6 heteroatoms. The van der Waals surface area contributed by atoms with Gasteiger partial charge in [-0.25, -0.2) is 9.67 Å². The summed E-state index contributed by atoms with van der Waals surface area (Å²) in [6, 6.07) is 24.4. The van der Waals surface area contributed by atoms with Gasteiger partial charge < -0.3 is 4.74 Å². The number of nitrogens with zero attached hydrogens (tertiary/aromatic N) is 3. The van der Waals surface area contributed by atoms with Gasteiger partial charge in [0.15, 0.2) is 5.65 Å². The van der Waals surface area contributed by atoms with E-state index in [-0.39, 0.29) is 0 Å². The molecule has 164 valence electrons. The van der Waals surface area contributed by atoms with Crippen molar-refractivity contribution in [3.8, 4) is 33.8 Å². The van der Waals surface area contributed by atoms with Crippen LogP contribution in [0.15, 0.2) is 78.9 Å². The number of benzene rings is 3. The van der Waals surface area contributed by atoms with Crippen LogP contribution < -0.4 is 4.74 Å². The normalized spacial score (nSPS) is 12.5. The lowest BCUT2D eigenvalue weighted by Gasteiger charge is -2.21. The van der Waals surface area contributed by atoms with Crippen LogP contribution in [0.3, 0.4) is 0 Å². The fourth-order valence-electron chi connectivity index (χ4n) is 4.65. The molecule has 0 saturated heterocycles. The molecule has 2 heterocycles. The number of hydrogen-bond donors (Lipinski definition) is 0. The molecule has 0 unspecified atom stereocenters. The molecule has 34 heavy (non-hydrogen) atoms. The topological polar surface area (TPSA) is 74.1 Å². The largest absolute Gasteiger partial charge is 0.497 e. The van der Waals surface area contributed by atoms with Gasteiger partial charge in [0, 0.05) is 16.7 Å². The number of hydrogen-bond acceptors (Lipinski definition) is 5. The van der Waals surface area contributed by atoms with E-state index in [1.54, 1.807) is 23.9 Å². The first-order valence-corrected chi connectivity index (χ1v) is 10.9. The fourth-order valence-corrected chi connectivity index (χ4v) is 4.65. The van der Waals surface area contributed by atoms with Crippen molar-refractivity contribution in [3.63, 3.8) is 0 Å². The molecule has 0 radical (unpaired) electrons. The van der Waals surface area contributed by atoms with Gasteiger partial charge >= 0.3 is 0 Å². The Kier molecular flexibility index (Phi) is 4.42. The molecule has 6 nitrogen and oxygen atoms in total. The number of aryl methyl sites for hydroxylation is 1. The lowest BCUT2D eigenvalue weighted by Crippen LogP contribution is -2.23. The van der Waals surface area contributed by atoms with Gasteiger partial charge in [0.1, 0.15) is 5.75 Å². The van der Waals surface area contributed by atoms with Crippen LogP contribution in [0, 0.1) is 6.92 Å². The minimum atomic E-state index is -0.555. The van der Waals surface area contributed by atoms with Crippen LogP contribution in [-0.4, -0.2) is 33.4 Å². The van der Waals surface area contributed by atoms with Crippen LogP contribution in [0.25, 0.3) is 39.1 Å². The lowest BCUT2D eigenvalue weighted by molar-refractivity contribution is 0.0815. The van der Waals surface area contributed by atoms with Crippen LogP contribution >= 0.6 is 0 Å². The van der Waals surface area contributed by atoms with Crippen molar-refractivity contribution in [2.24, 2.45) is 0 Å². The second-order valence-electron chi connectivity index (χ2n) is 8.17. The smallest absolute Gasteiger partial charge is 0.236 e. The Balaban J connectivity index is 1.78. The summed E-state index contributed by atoms with van der Waals surface area (Å²) in [5, 5.41) is 5.53. The molecule has 3 aromatic carbocycles. The van der Waals surface area contributed by atoms with Crippen molar-refractivity contribution in [2.45, 2.75) is 6.92 Å². The number of ether oxygens (including phenoxy) is 1. The first kappa shape index (κ1) is 20.1. The highest BCUT2D eigenvalue weighted by atomic mass is 16.5. The maximum atomic E-state index is 13.5. The van der Waals surface area contributed by atoms with Crippen LogP contribution in [0.1, 0.15) is 26.4 Å². The van der Waals surface area contributed by atoms with E-state index < -0.39 is 11.6 Å². The van der Waals surface area contributed by atoms with E-state index in [2.05, 4.69) is 0 Å². The van der Waals surface area contributed by atoms with Gasteiger partial charge in [0.2, 0.25) is 11.6 Å². The number of methoxy groups -OCH3 is 1. The minimum Gasteiger partial charge on any atom is -0.497 e. The Bertz CT molecular complexity index is 1620. The van der Waals surface area contributed by atoms with Gasteiger partial charge in [-0.3, -0.25) is 9.59 Å². The van der Waals surface area contributed by atoms with E-state index in [0.29, 0.717) is 39.3 Å². The van der Waals surface area contributed by atoms with Crippen molar-refractivity contribution in [1.82, 2.24) is 14.8 Å². The predicted octanol–water partition coefficient (Wildman–Crippen LogP) is 5.45. The van der Waals surface area contributed by atoms with E-state index in [1.807, 2.05) is 73.7 Å². The molecule has 5 aromatic rings. The number of Topliss-reactive ketones (excluding diaryl/α,β-unsaturated/α-hetero) is 2. The fraction of sp³-hybridized carbons (Fsp3) is 0.0714. The molecule has 0 amide bonds. The number of ketones is 2. The van der Waals surface area contributed by atoms with E-state index >= 15 is 0 Å². The zero-order valence-electron chi connectivity index (χ0n) is 18.6. The molecule has 0 aliphatic heterocycles. The highest BCUT2D eigenvalue weighted by Gasteiger charge is 2.36. The molecule has 6 rings (SSSR count). The lowest BCUT2D eigenvalue weighted by atomic mass is 9.82. The zero-order chi connectivity index (χ0) is 23.4. The van der Waals surface area contributed by atoms with E-state index in [1.165, 1.54) is 0 Å². The number of pyridine rings is 1. The highest BCUT2D eigenvalue weighted by molar-refractivity contribution is 6.54. The molecule has 1 aliphatic rings. The Morgan fingerprint density at radius 3 is 2.15 bits per heavy atom. The summed E-state index contributed by atoms with van der Waals surface area (Å²) in [5.41, 5.74) is 5.50. The molecule has 1 aliphatic carbocycles. The minimum absolute atomic E-state index is 0.317. The second kappa shape index (κ2) is 7.49. The molecular weight excluding hydrogens is 426 g/mol. The van der Waals surface area contributed by atoms with Gasteiger partial charge in [-0.15, -0.1) is 0 Å². The van der Waals surface area contributed by atoms with Crippen molar-refractivity contribution >= 4 is 22.6 Å². The summed E-state index contributed by atoms with van der Waals surface area (Å²) in [5.74, 6) is -0.375. The molecule has 0 fully saturated rings. The summed E-state index contributed by atoms with van der Waals surface area (Å²) in [7, 11) is 1.61. The van der Waals surface area contributed by atoms with Gasteiger partial charge in [0.25, 0.3) is 0 Å². The van der Waals surface area contributed by atoms with Gasteiger partial charge in [-0.05, 0) is 36.8 Å². The number of fused-ring (bicyclic) bond motifs is 4. The van der Waals surface area contributed by atoms with Crippen molar-refractivity contribution in [3.05, 3.63) is 95.7 Å².